The third-order valence-electron chi connectivity index (χ3n) is 2.72. The van der Waals surface area contributed by atoms with E-state index in [2.05, 4.69) is 10.0 Å². The molecule has 18 heavy (non-hydrogen) atoms. The van der Waals surface area contributed by atoms with Gasteiger partial charge in [0, 0.05) is 4.91 Å². The summed E-state index contributed by atoms with van der Waals surface area (Å²) in [4.78, 5) is 13.5. The zero-order chi connectivity index (χ0) is 13.0. The van der Waals surface area contributed by atoms with Crippen molar-refractivity contribution in [2.24, 2.45) is 5.11 Å². The summed E-state index contributed by atoms with van der Waals surface area (Å²) in [6, 6.07) is 12.5. The lowest BCUT2D eigenvalue weighted by Crippen LogP contribution is -2.19. The minimum atomic E-state index is -1.11. The lowest BCUT2D eigenvalue weighted by Gasteiger charge is -2.07. The van der Waals surface area contributed by atoms with E-state index in [4.69, 9.17) is 10.6 Å². The van der Waals surface area contributed by atoms with Crippen LogP contribution < -0.4 is 0 Å². The van der Waals surface area contributed by atoms with Crippen molar-refractivity contribution in [3.05, 3.63) is 58.5 Å². The van der Waals surface area contributed by atoms with E-state index in [-0.39, 0.29) is 6.42 Å². The second-order valence-electron chi connectivity index (χ2n) is 3.94. The number of azide groups is 1. The molecule has 2 aromatic carbocycles. The standard InChI is InChI=1S/C13H11N3O2/c14-16-15-12(13(17)18)8-9-5-6-10-3-1-2-4-11(10)7-9/h1-7,12H,8H2,(H,17,18)/t12-/m0/s1. The van der Waals surface area contributed by atoms with Gasteiger partial charge in [-0.3, -0.25) is 4.79 Å². The molecule has 0 fully saturated rings. The van der Waals surface area contributed by atoms with Crippen LogP contribution in [0.5, 0.6) is 0 Å². The van der Waals surface area contributed by atoms with Gasteiger partial charge in [0.05, 0.1) is 0 Å². The summed E-state index contributed by atoms with van der Waals surface area (Å²) in [6.07, 6.45) is 0.199. The lowest BCUT2D eigenvalue weighted by atomic mass is 10.0. The molecule has 0 amide bonds. The molecule has 5 nitrogen and oxygen atoms in total. The van der Waals surface area contributed by atoms with Gasteiger partial charge in [-0.2, -0.15) is 0 Å². The van der Waals surface area contributed by atoms with Gasteiger partial charge in [0.15, 0.2) is 0 Å². The average Bonchev–Trinajstić information content (AvgIpc) is 2.38. The molecule has 90 valence electrons. The van der Waals surface area contributed by atoms with Gasteiger partial charge in [0.1, 0.15) is 6.04 Å². The van der Waals surface area contributed by atoms with Crippen molar-refractivity contribution in [3.8, 4) is 0 Å². The molecule has 0 spiro atoms. The molecule has 0 unspecified atom stereocenters. The summed E-state index contributed by atoms with van der Waals surface area (Å²) in [5, 5.41) is 14.3. The largest absolute Gasteiger partial charge is 0.481 e. The number of benzene rings is 2. The molecule has 0 saturated heterocycles. The molecular weight excluding hydrogens is 230 g/mol. The van der Waals surface area contributed by atoms with E-state index >= 15 is 0 Å². The van der Waals surface area contributed by atoms with E-state index in [1.807, 2.05) is 42.5 Å². The van der Waals surface area contributed by atoms with Crippen LogP contribution in [-0.4, -0.2) is 17.1 Å². The second-order valence-corrected chi connectivity index (χ2v) is 3.94. The first-order valence-electron chi connectivity index (χ1n) is 5.45. The number of hydrogen-bond donors (Lipinski definition) is 1. The quantitative estimate of drug-likeness (QED) is 0.506. The number of fused-ring (bicyclic) bond motifs is 1. The Labute approximate surface area is 103 Å². The van der Waals surface area contributed by atoms with Crippen LogP contribution in [0.15, 0.2) is 47.6 Å². The summed E-state index contributed by atoms with van der Waals surface area (Å²) < 4.78 is 0. The first-order valence-corrected chi connectivity index (χ1v) is 5.45. The highest BCUT2D eigenvalue weighted by Crippen LogP contribution is 2.17. The Morgan fingerprint density at radius 1 is 1.28 bits per heavy atom. The predicted octanol–water partition coefficient (Wildman–Crippen LogP) is 3.15. The number of nitrogens with zero attached hydrogens (tertiary/aromatic N) is 3. The average molecular weight is 241 g/mol. The molecule has 0 aromatic heterocycles. The van der Waals surface area contributed by atoms with Crippen LogP contribution in [0.1, 0.15) is 5.56 Å². The molecule has 0 aliphatic carbocycles. The summed E-state index contributed by atoms with van der Waals surface area (Å²) in [5.74, 6) is -1.11. The van der Waals surface area contributed by atoms with Crippen molar-refractivity contribution in [1.29, 1.82) is 0 Å². The molecule has 0 radical (unpaired) electrons. The highest BCUT2D eigenvalue weighted by Gasteiger charge is 2.15. The number of rotatable bonds is 4. The fraction of sp³-hybridized carbons (Fsp3) is 0.154. The maximum Gasteiger partial charge on any atom is 0.312 e. The Hall–Kier alpha value is -2.52. The van der Waals surface area contributed by atoms with Gasteiger partial charge in [0.25, 0.3) is 0 Å². The smallest absolute Gasteiger partial charge is 0.312 e. The zero-order valence-electron chi connectivity index (χ0n) is 9.52. The summed E-state index contributed by atoms with van der Waals surface area (Å²) in [5.41, 5.74) is 9.17. The van der Waals surface area contributed by atoms with Crippen LogP contribution >= 0.6 is 0 Å². The van der Waals surface area contributed by atoms with Crippen molar-refractivity contribution >= 4 is 16.7 Å². The molecule has 0 aliphatic heterocycles. The third kappa shape index (κ3) is 2.59. The van der Waals surface area contributed by atoms with Crippen LogP contribution in [-0.2, 0) is 11.2 Å². The Balaban J connectivity index is 2.31. The first-order chi connectivity index (χ1) is 8.70. The molecule has 0 aliphatic rings. The lowest BCUT2D eigenvalue weighted by molar-refractivity contribution is -0.138. The Kier molecular flexibility index (Phi) is 3.46. The Morgan fingerprint density at radius 3 is 2.67 bits per heavy atom. The molecular formula is C13H11N3O2. The summed E-state index contributed by atoms with van der Waals surface area (Å²) >= 11 is 0. The van der Waals surface area contributed by atoms with Crippen molar-refractivity contribution in [2.75, 3.05) is 0 Å². The topological polar surface area (TPSA) is 86.1 Å². The van der Waals surface area contributed by atoms with Gasteiger partial charge >= 0.3 is 5.97 Å². The highest BCUT2D eigenvalue weighted by molar-refractivity contribution is 5.83. The number of hydrogen-bond acceptors (Lipinski definition) is 2. The number of carbonyl (C=O) groups is 1. The van der Waals surface area contributed by atoms with E-state index in [1.54, 1.807) is 0 Å². The number of aliphatic carboxylic acids is 1. The van der Waals surface area contributed by atoms with Crippen molar-refractivity contribution < 1.29 is 9.90 Å². The Bertz CT molecular complexity index is 631. The summed E-state index contributed by atoms with van der Waals surface area (Å²) in [6.45, 7) is 0. The van der Waals surface area contributed by atoms with Gasteiger partial charge in [-0.15, -0.1) is 0 Å². The van der Waals surface area contributed by atoms with E-state index in [0.29, 0.717) is 0 Å². The zero-order valence-corrected chi connectivity index (χ0v) is 9.52. The predicted molar refractivity (Wildman–Crippen MR) is 68.2 cm³/mol. The third-order valence-corrected chi connectivity index (χ3v) is 2.72. The number of carboxylic acids is 1. The molecule has 0 heterocycles. The molecule has 2 rings (SSSR count). The first kappa shape index (κ1) is 12.0. The van der Waals surface area contributed by atoms with E-state index in [1.165, 1.54) is 0 Å². The molecule has 1 N–H and O–H groups in total. The minimum Gasteiger partial charge on any atom is -0.481 e. The van der Waals surface area contributed by atoms with Gasteiger partial charge < -0.3 is 5.11 Å². The van der Waals surface area contributed by atoms with Crippen molar-refractivity contribution in [2.45, 2.75) is 12.5 Å². The van der Waals surface area contributed by atoms with Crippen LogP contribution in [0.4, 0.5) is 0 Å². The minimum absolute atomic E-state index is 0.199. The molecule has 0 saturated carbocycles. The van der Waals surface area contributed by atoms with Crippen LogP contribution in [0.25, 0.3) is 21.2 Å². The van der Waals surface area contributed by atoms with E-state index < -0.39 is 12.0 Å². The van der Waals surface area contributed by atoms with Crippen LogP contribution in [0.3, 0.4) is 0 Å². The Morgan fingerprint density at radius 2 is 2.00 bits per heavy atom. The van der Waals surface area contributed by atoms with Gasteiger partial charge in [-0.1, -0.05) is 47.6 Å². The van der Waals surface area contributed by atoms with E-state index in [9.17, 15) is 4.79 Å². The van der Waals surface area contributed by atoms with Crippen molar-refractivity contribution in [1.82, 2.24) is 0 Å². The molecule has 0 bridgehead atoms. The SMILES string of the molecule is [N-]=[N+]=N[C@@H](Cc1ccc2ccccc2c1)C(=O)O. The molecule has 2 aromatic rings. The van der Waals surface area contributed by atoms with Crippen LogP contribution in [0.2, 0.25) is 0 Å². The number of carboxylic acid groups (broad SMARTS) is 1. The van der Waals surface area contributed by atoms with Crippen molar-refractivity contribution in [3.63, 3.8) is 0 Å². The van der Waals surface area contributed by atoms with E-state index in [0.717, 1.165) is 16.3 Å². The monoisotopic (exact) mass is 241 g/mol. The molecule has 5 heteroatoms. The maximum atomic E-state index is 10.9. The second kappa shape index (κ2) is 5.21. The molecule has 1 atom stereocenters. The highest BCUT2D eigenvalue weighted by atomic mass is 16.4. The maximum absolute atomic E-state index is 10.9. The fourth-order valence-electron chi connectivity index (χ4n) is 1.83. The normalized spacial score (nSPS) is 11.8. The van der Waals surface area contributed by atoms with Gasteiger partial charge in [0.2, 0.25) is 0 Å². The van der Waals surface area contributed by atoms with Gasteiger partial charge in [-0.25, -0.2) is 0 Å². The summed E-state index contributed by atoms with van der Waals surface area (Å²) in [7, 11) is 0. The van der Waals surface area contributed by atoms with Crippen LogP contribution in [0, 0.1) is 0 Å². The fourth-order valence-corrected chi connectivity index (χ4v) is 1.83. The van der Waals surface area contributed by atoms with Gasteiger partial charge in [-0.05, 0) is 28.3 Å².